The lowest BCUT2D eigenvalue weighted by atomic mass is 9.45. The highest BCUT2D eigenvalue weighted by molar-refractivity contribution is 5.69. The first kappa shape index (κ1) is 27.5. The van der Waals surface area contributed by atoms with E-state index < -0.39 is 0 Å². The van der Waals surface area contributed by atoms with Crippen LogP contribution in [0.5, 0.6) is 0 Å². The van der Waals surface area contributed by atoms with Gasteiger partial charge in [0, 0.05) is 6.42 Å². The molecule has 4 saturated carbocycles. The van der Waals surface area contributed by atoms with E-state index in [0.717, 1.165) is 42.4 Å². The summed E-state index contributed by atoms with van der Waals surface area (Å²) in [5.74, 6) is 4.88. The third-order valence-electron chi connectivity index (χ3n) is 12.0. The SMILES string of the molecule is CCCCCCCCCCOC(=O)CCCC1CCC2C3CCC4CCCCC4(C)C3CCC12C. The normalized spacial score (nSPS) is 38.4. The second-order valence-electron chi connectivity index (χ2n) is 13.8. The van der Waals surface area contributed by atoms with Gasteiger partial charge in [-0.1, -0.05) is 78.6 Å². The van der Waals surface area contributed by atoms with Gasteiger partial charge in [-0.3, -0.25) is 4.79 Å². The predicted molar refractivity (Wildman–Crippen MR) is 147 cm³/mol. The fourth-order valence-electron chi connectivity index (χ4n) is 9.87. The minimum atomic E-state index is 0.0555. The minimum absolute atomic E-state index is 0.0555. The van der Waals surface area contributed by atoms with E-state index in [1.54, 1.807) is 0 Å². The van der Waals surface area contributed by atoms with Crippen molar-refractivity contribution in [2.45, 2.75) is 156 Å². The van der Waals surface area contributed by atoms with Gasteiger partial charge in [0.1, 0.15) is 0 Å². The number of esters is 1. The maximum atomic E-state index is 12.3. The van der Waals surface area contributed by atoms with Gasteiger partial charge < -0.3 is 4.74 Å². The van der Waals surface area contributed by atoms with E-state index in [4.69, 9.17) is 4.74 Å². The molecular formula is C33H58O2. The monoisotopic (exact) mass is 486 g/mol. The fourth-order valence-corrected chi connectivity index (χ4v) is 9.87. The Bertz CT molecular complexity index is 657. The smallest absolute Gasteiger partial charge is 0.305 e. The van der Waals surface area contributed by atoms with Crippen molar-refractivity contribution >= 4 is 5.97 Å². The van der Waals surface area contributed by atoms with Crippen molar-refractivity contribution in [2.24, 2.45) is 40.4 Å². The molecule has 0 amide bonds. The average Bonchev–Trinajstić information content (AvgIpc) is 3.19. The van der Waals surface area contributed by atoms with E-state index >= 15 is 0 Å². The largest absolute Gasteiger partial charge is 0.466 e. The third-order valence-corrected chi connectivity index (χ3v) is 12.0. The van der Waals surface area contributed by atoms with Crippen LogP contribution in [0.3, 0.4) is 0 Å². The van der Waals surface area contributed by atoms with Gasteiger partial charge in [-0.05, 0) is 111 Å². The first-order valence-corrected chi connectivity index (χ1v) is 16.1. The molecule has 4 rings (SSSR count). The van der Waals surface area contributed by atoms with E-state index in [-0.39, 0.29) is 5.97 Å². The molecule has 0 aromatic heterocycles. The van der Waals surface area contributed by atoms with Gasteiger partial charge in [0.25, 0.3) is 0 Å². The lowest BCUT2D eigenvalue weighted by Crippen LogP contribution is -2.52. The van der Waals surface area contributed by atoms with E-state index in [0.29, 0.717) is 23.9 Å². The summed E-state index contributed by atoms with van der Waals surface area (Å²) >= 11 is 0. The third kappa shape index (κ3) is 6.31. The van der Waals surface area contributed by atoms with Crippen molar-refractivity contribution in [1.29, 1.82) is 0 Å². The summed E-state index contributed by atoms with van der Waals surface area (Å²) in [6, 6.07) is 0. The van der Waals surface area contributed by atoms with E-state index in [1.807, 2.05) is 0 Å². The van der Waals surface area contributed by atoms with Gasteiger partial charge in [-0.2, -0.15) is 0 Å². The van der Waals surface area contributed by atoms with Gasteiger partial charge in [0.05, 0.1) is 6.61 Å². The summed E-state index contributed by atoms with van der Waals surface area (Å²) in [5, 5.41) is 0. The molecule has 0 spiro atoms. The molecule has 0 radical (unpaired) electrons. The van der Waals surface area contributed by atoms with Crippen molar-refractivity contribution in [3.63, 3.8) is 0 Å². The Hall–Kier alpha value is -0.530. The lowest BCUT2D eigenvalue weighted by molar-refractivity contribution is -0.144. The van der Waals surface area contributed by atoms with Gasteiger partial charge in [-0.15, -0.1) is 0 Å². The zero-order chi connectivity index (χ0) is 24.7. The van der Waals surface area contributed by atoms with Crippen LogP contribution in [0.4, 0.5) is 0 Å². The lowest BCUT2D eigenvalue weighted by Gasteiger charge is -2.60. The molecule has 7 unspecified atom stereocenters. The molecule has 202 valence electrons. The molecule has 0 bridgehead atoms. The zero-order valence-corrected chi connectivity index (χ0v) is 23.8. The highest BCUT2D eigenvalue weighted by atomic mass is 16.5. The quantitative estimate of drug-likeness (QED) is 0.191. The molecule has 35 heavy (non-hydrogen) atoms. The second-order valence-corrected chi connectivity index (χ2v) is 13.8. The Balaban J connectivity index is 1.14. The van der Waals surface area contributed by atoms with Crippen molar-refractivity contribution in [1.82, 2.24) is 0 Å². The van der Waals surface area contributed by atoms with E-state index in [2.05, 4.69) is 20.8 Å². The van der Waals surface area contributed by atoms with Crippen molar-refractivity contribution in [3.8, 4) is 0 Å². The van der Waals surface area contributed by atoms with E-state index in [9.17, 15) is 4.79 Å². The molecule has 0 aliphatic heterocycles. The van der Waals surface area contributed by atoms with Crippen LogP contribution in [0.25, 0.3) is 0 Å². The summed E-state index contributed by atoms with van der Waals surface area (Å²) in [6.45, 7) is 8.26. The van der Waals surface area contributed by atoms with Crippen molar-refractivity contribution in [3.05, 3.63) is 0 Å². The van der Waals surface area contributed by atoms with Crippen LogP contribution < -0.4 is 0 Å². The Kier molecular flexibility index (Phi) is 10.1. The summed E-state index contributed by atoms with van der Waals surface area (Å²) < 4.78 is 5.58. The first-order chi connectivity index (χ1) is 17.0. The Morgan fingerprint density at radius 3 is 2.29 bits per heavy atom. The molecule has 7 atom stereocenters. The van der Waals surface area contributed by atoms with Gasteiger partial charge >= 0.3 is 5.97 Å². The van der Waals surface area contributed by atoms with Crippen LogP contribution in [0.1, 0.15) is 156 Å². The highest BCUT2D eigenvalue weighted by Gasteiger charge is 2.59. The summed E-state index contributed by atoms with van der Waals surface area (Å²) in [5.41, 5.74) is 1.19. The Morgan fingerprint density at radius 1 is 0.743 bits per heavy atom. The van der Waals surface area contributed by atoms with Gasteiger partial charge in [0.15, 0.2) is 0 Å². The second kappa shape index (κ2) is 12.8. The average molecular weight is 487 g/mol. The van der Waals surface area contributed by atoms with Crippen molar-refractivity contribution < 1.29 is 9.53 Å². The summed E-state index contributed by atoms with van der Waals surface area (Å²) in [7, 11) is 0. The zero-order valence-electron chi connectivity index (χ0n) is 23.8. The molecule has 0 saturated heterocycles. The number of carbonyl (C=O) groups excluding carboxylic acids is 1. The highest BCUT2D eigenvalue weighted by Crippen LogP contribution is 2.67. The molecule has 0 N–H and O–H groups in total. The van der Waals surface area contributed by atoms with Crippen LogP contribution in [-0.2, 0) is 9.53 Å². The summed E-state index contributed by atoms with van der Waals surface area (Å²) in [4.78, 5) is 12.3. The molecule has 0 aromatic rings. The molecule has 0 heterocycles. The van der Waals surface area contributed by atoms with Crippen LogP contribution in [-0.4, -0.2) is 12.6 Å². The Labute approximate surface area is 218 Å². The minimum Gasteiger partial charge on any atom is -0.466 e. The molecule has 2 heteroatoms. The summed E-state index contributed by atoms with van der Waals surface area (Å²) in [6.07, 6.45) is 28.1. The van der Waals surface area contributed by atoms with E-state index in [1.165, 1.54) is 116 Å². The molecular weight excluding hydrogens is 428 g/mol. The molecule has 4 fully saturated rings. The number of ether oxygens (including phenoxy) is 1. The van der Waals surface area contributed by atoms with Crippen LogP contribution in [0, 0.1) is 40.4 Å². The topological polar surface area (TPSA) is 26.3 Å². The van der Waals surface area contributed by atoms with Gasteiger partial charge in [0.2, 0.25) is 0 Å². The molecule has 2 nitrogen and oxygen atoms in total. The number of carbonyl (C=O) groups is 1. The standard InChI is InChI=1S/C33H58O2/c1-4-5-6-7-8-9-10-13-25-35-31(34)17-14-16-27-19-21-29-28-20-18-26-15-11-12-23-32(26,2)30(28)22-24-33(27,29)3/h26-30H,4-25H2,1-3H3. The molecule has 4 aliphatic carbocycles. The van der Waals surface area contributed by atoms with Gasteiger partial charge in [-0.25, -0.2) is 0 Å². The number of rotatable bonds is 13. The van der Waals surface area contributed by atoms with Crippen LogP contribution in [0.2, 0.25) is 0 Å². The number of hydrogen-bond acceptors (Lipinski definition) is 2. The number of unbranched alkanes of at least 4 members (excludes halogenated alkanes) is 7. The number of hydrogen-bond donors (Lipinski definition) is 0. The fraction of sp³-hybridized carbons (Fsp3) is 0.970. The van der Waals surface area contributed by atoms with Crippen LogP contribution in [0.15, 0.2) is 0 Å². The first-order valence-electron chi connectivity index (χ1n) is 16.1. The predicted octanol–water partition coefficient (Wildman–Crippen LogP) is 9.89. The van der Waals surface area contributed by atoms with Crippen molar-refractivity contribution in [2.75, 3.05) is 6.61 Å². The molecule has 0 aromatic carbocycles. The Morgan fingerprint density at radius 2 is 1.49 bits per heavy atom. The van der Waals surface area contributed by atoms with Crippen LogP contribution >= 0.6 is 0 Å². The number of fused-ring (bicyclic) bond motifs is 5. The maximum Gasteiger partial charge on any atom is 0.305 e. The maximum absolute atomic E-state index is 12.3. The molecule has 4 aliphatic rings.